The van der Waals surface area contributed by atoms with Gasteiger partial charge in [-0.3, -0.25) is 10.1 Å². The Hall–Kier alpha value is -2.91. The van der Waals surface area contributed by atoms with Gasteiger partial charge < -0.3 is 5.32 Å². The topological polar surface area (TPSA) is 41.1 Å². The maximum Gasteiger partial charge on any atom is 0.246 e. The number of nitrogens with one attached hydrogen (secondary N) is 2. The highest BCUT2D eigenvalue weighted by molar-refractivity contribution is 5.95. The predicted octanol–water partition coefficient (Wildman–Crippen LogP) is 4.46. The van der Waals surface area contributed by atoms with E-state index in [0.717, 1.165) is 16.8 Å². The summed E-state index contributed by atoms with van der Waals surface area (Å²) >= 11 is 0. The molecule has 126 valence electrons. The second kappa shape index (κ2) is 8.27. The molecule has 25 heavy (non-hydrogen) atoms. The van der Waals surface area contributed by atoms with Crippen molar-refractivity contribution in [3.63, 3.8) is 0 Å². The highest BCUT2D eigenvalue weighted by Gasteiger charge is 2.20. The number of hydrogen-bond donors (Lipinski definition) is 2. The fourth-order valence-electron chi connectivity index (χ4n) is 2.67. The van der Waals surface area contributed by atoms with Gasteiger partial charge in [-0.1, -0.05) is 78.4 Å². The molecule has 1 atom stereocenters. The Bertz CT molecular complexity index is 798. The molecule has 0 aliphatic rings. The van der Waals surface area contributed by atoms with Crippen molar-refractivity contribution in [2.45, 2.75) is 19.5 Å². The smallest absolute Gasteiger partial charge is 0.246 e. The second-order valence-corrected chi connectivity index (χ2v) is 6.07. The van der Waals surface area contributed by atoms with Crippen LogP contribution in [0.5, 0.6) is 0 Å². The van der Waals surface area contributed by atoms with Gasteiger partial charge in [-0.2, -0.15) is 0 Å². The number of anilines is 1. The zero-order valence-corrected chi connectivity index (χ0v) is 14.3. The number of benzene rings is 3. The van der Waals surface area contributed by atoms with E-state index >= 15 is 0 Å². The number of amides is 1. The lowest BCUT2D eigenvalue weighted by Gasteiger charge is -2.19. The van der Waals surface area contributed by atoms with Gasteiger partial charge in [0.05, 0.1) is 0 Å². The summed E-state index contributed by atoms with van der Waals surface area (Å²) in [7, 11) is 0. The van der Waals surface area contributed by atoms with Gasteiger partial charge in [0, 0.05) is 12.2 Å². The first-order chi connectivity index (χ1) is 12.2. The summed E-state index contributed by atoms with van der Waals surface area (Å²) in [5.74, 6) is -0.0639. The summed E-state index contributed by atoms with van der Waals surface area (Å²) < 4.78 is 0. The minimum Gasteiger partial charge on any atom is -0.324 e. The molecule has 2 N–H and O–H groups in total. The number of rotatable bonds is 6. The maximum absolute atomic E-state index is 12.8. The molecule has 0 fully saturated rings. The zero-order chi connectivity index (χ0) is 17.5. The molecule has 0 aromatic heterocycles. The van der Waals surface area contributed by atoms with Gasteiger partial charge >= 0.3 is 0 Å². The van der Waals surface area contributed by atoms with Gasteiger partial charge in [-0.05, 0) is 30.2 Å². The maximum atomic E-state index is 12.8. The minimum absolute atomic E-state index is 0.0639. The van der Waals surface area contributed by atoms with Crippen LogP contribution in [0.15, 0.2) is 84.9 Å². The molecule has 0 saturated heterocycles. The van der Waals surface area contributed by atoms with Crippen LogP contribution in [0.2, 0.25) is 0 Å². The van der Waals surface area contributed by atoms with Crippen LogP contribution in [-0.2, 0) is 11.3 Å². The van der Waals surface area contributed by atoms with Crippen molar-refractivity contribution in [1.82, 2.24) is 5.32 Å². The molecule has 0 aliphatic heterocycles. The van der Waals surface area contributed by atoms with E-state index in [1.54, 1.807) is 0 Å². The van der Waals surface area contributed by atoms with E-state index in [1.165, 1.54) is 5.56 Å². The summed E-state index contributed by atoms with van der Waals surface area (Å²) in [6, 6.07) is 27.3. The van der Waals surface area contributed by atoms with Crippen molar-refractivity contribution in [1.29, 1.82) is 0 Å². The Kier molecular flexibility index (Phi) is 5.60. The third-order valence-electron chi connectivity index (χ3n) is 4.07. The molecule has 0 spiro atoms. The summed E-state index contributed by atoms with van der Waals surface area (Å²) in [5.41, 5.74) is 4.06. The minimum atomic E-state index is -0.414. The van der Waals surface area contributed by atoms with Crippen LogP contribution in [-0.4, -0.2) is 5.91 Å². The lowest BCUT2D eigenvalue weighted by Crippen LogP contribution is -2.32. The predicted molar refractivity (Wildman–Crippen MR) is 102 cm³/mol. The lowest BCUT2D eigenvalue weighted by molar-refractivity contribution is -0.118. The Morgan fingerprint density at radius 2 is 1.44 bits per heavy atom. The van der Waals surface area contributed by atoms with Crippen molar-refractivity contribution in [3.05, 3.63) is 102 Å². The number of hydrogen-bond acceptors (Lipinski definition) is 2. The molecule has 0 heterocycles. The highest BCUT2D eigenvalue weighted by atomic mass is 16.2. The van der Waals surface area contributed by atoms with E-state index in [9.17, 15) is 4.79 Å². The van der Waals surface area contributed by atoms with Crippen LogP contribution < -0.4 is 10.6 Å². The molecule has 3 aromatic rings. The molecule has 1 amide bonds. The van der Waals surface area contributed by atoms with Gasteiger partial charge in [-0.25, -0.2) is 0 Å². The molecular formula is C22H22N2O. The summed E-state index contributed by atoms with van der Waals surface area (Å²) in [4.78, 5) is 12.8. The van der Waals surface area contributed by atoms with Crippen LogP contribution in [0, 0.1) is 6.92 Å². The van der Waals surface area contributed by atoms with E-state index < -0.39 is 6.04 Å². The Morgan fingerprint density at radius 1 is 0.840 bits per heavy atom. The Labute approximate surface area is 148 Å². The van der Waals surface area contributed by atoms with Crippen LogP contribution >= 0.6 is 0 Å². The number of carbonyl (C=O) groups is 1. The molecule has 0 bridgehead atoms. The third kappa shape index (κ3) is 4.78. The van der Waals surface area contributed by atoms with Crippen molar-refractivity contribution >= 4 is 11.6 Å². The van der Waals surface area contributed by atoms with Crippen molar-refractivity contribution in [3.8, 4) is 0 Å². The van der Waals surface area contributed by atoms with E-state index in [2.05, 4.69) is 10.6 Å². The summed E-state index contributed by atoms with van der Waals surface area (Å²) in [6.45, 7) is 2.65. The lowest BCUT2D eigenvalue weighted by atomic mass is 10.1. The highest BCUT2D eigenvalue weighted by Crippen LogP contribution is 2.17. The SMILES string of the molecule is Cc1ccc(NC(=O)[C@H](NCc2ccccc2)c2ccccc2)cc1. The molecule has 3 rings (SSSR count). The first kappa shape index (κ1) is 16.9. The summed E-state index contributed by atoms with van der Waals surface area (Å²) in [6.07, 6.45) is 0. The van der Waals surface area contributed by atoms with Gasteiger partial charge in [-0.15, -0.1) is 0 Å². The van der Waals surface area contributed by atoms with Gasteiger partial charge in [0.25, 0.3) is 0 Å². The number of aryl methyl sites for hydroxylation is 1. The average Bonchev–Trinajstić information content (AvgIpc) is 2.65. The molecule has 3 heteroatoms. The van der Waals surface area contributed by atoms with Crippen LogP contribution in [0.3, 0.4) is 0 Å². The monoisotopic (exact) mass is 330 g/mol. The van der Waals surface area contributed by atoms with Crippen LogP contribution in [0.1, 0.15) is 22.7 Å². The number of carbonyl (C=O) groups excluding carboxylic acids is 1. The van der Waals surface area contributed by atoms with E-state index in [0.29, 0.717) is 6.54 Å². The van der Waals surface area contributed by atoms with Crippen molar-refractivity contribution in [2.24, 2.45) is 0 Å². The Balaban J connectivity index is 1.75. The standard InChI is InChI=1S/C22H22N2O/c1-17-12-14-20(15-13-17)24-22(25)21(19-10-6-3-7-11-19)23-16-18-8-4-2-5-9-18/h2-15,21,23H,16H2,1H3,(H,24,25)/t21-/m1/s1. The largest absolute Gasteiger partial charge is 0.324 e. The van der Waals surface area contributed by atoms with Gasteiger partial charge in [0.1, 0.15) is 6.04 Å². The molecule has 3 aromatic carbocycles. The van der Waals surface area contributed by atoms with Crippen LogP contribution in [0.25, 0.3) is 0 Å². The van der Waals surface area contributed by atoms with Gasteiger partial charge in [0.2, 0.25) is 5.91 Å². The first-order valence-corrected chi connectivity index (χ1v) is 8.42. The fourth-order valence-corrected chi connectivity index (χ4v) is 2.67. The molecule has 3 nitrogen and oxygen atoms in total. The summed E-state index contributed by atoms with van der Waals surface area (Å²) in [5, 5.41) is 6.37. The van der Waals surface area contributed by atoms with E-state index in [4.69, 9.17) is 0 Å². The third-order valence-corrected chi connectivity index (χ3v) is 4.07. The average molecular weight is 330 g/mol. The van der Waals surface area contributed by atoms with Crippen molar-refractivity contribution in [2.75, 3.05) is 5.32 Å². The Morgan fingerprint density at radius 3 is 2.08 bits per heavy atom. The normalized spacial score (nSPS) is 11.7. The molecule has 0 saturated carbocycles. The molecular weight excluding hydrogens is 308 g/mol. The zero-order valence-electron chi connectivity index (χ0n) is 14.3. The first-order valence-electron chi connectivity index (χ1n) is 8.42. The molecule has 0 aliphatic carbocycles. The van der Waals surface area contributed by atoms with Crippen LogP contribution in [0.4, 0.5) is 5.69 Å². The molecule has 0 unspecified atom stereocenters. The van der Waals surface area contributed by atoms with E-state index in [1.807, 2.05) is 91.9 Å². The van der Waals surface area contributed by atoms with Gasteiger partial charge in [0.15, 0.2) is 0 Å². The second-order valence-electron chi connectivity index (χ2n) is 6.07. The quantitative estimate of drug-likeness (QED) is 0.700. The molecule has 0 radical (unpaired) electrons. The van der Waals surface area contributed by atoms with E-state index in [-0.39, 0.29) is 5.91 Å². The van der Waals surface area contributed by atoms with Crippen molar-refractivity contribution < 1.29 is 4.79 Å². The fraction of sp³-hybridized carbons (Fsp3) is 0.136.